The molecule has 1 amide bonds. The molecule has 2 aromatic carbocycles. The molecule has 0 saturated carbocycles. The van der Waals surface area contributed by atoms with Gasteiger partial charge in [0.2, 0.25) is 5.91 Å². The predicted octanol–water partition coefficient (Wildman–Crippen LogP) is 2.41. The van der Waals surface area contributed by atoms with E-state index < -0.39 is 17.1 Å². The molecule has 7 nitrogen and oxygen atoms in total. The lowest BCUT2D eigenvalue weighted by molar-refractivity contribution is -0.132. The number of nitrogens with zero attached hydrogens (tertiary/aromatic N) is 2. The Hall–Kier alpha value is -3.94. The molecule has 156 valence electrons. The summed E-state index contributed by atoms with van der Waals surface area (Å²) in [6, 6.07) is 14.0. The molecule has 0 unspecified atom stereocenters. The molecule has 31 heavy (non-hydrogen) atoms. The lowest BCUT2D eigenvalue weighted by Crippen LogP contribution is -2.43. The Bertz CT molecular complexity index is 1430. The van der Waals surface area contributed by atoms with Crippen molar-refractivity contribution in [3.63, 3.8) is 0 Å². The summed E-state index contributed by atoms with van der Waals surface area (Å²) in [5.74, 6) is -0.767. The van der Waals surface area contributed by atoms with E-state index in [-0.39, 0.29) is 29.0 Å². The summed E-state index contributed by atoms with van der Waals surface area (Å²) in [7, 11) is 0. The first-order valence-electron chi connectivity index (χ1n) is 9.96. The van der Waals surface area contributed by atoms with E-state index in [0.29, 0.717) is 18.7 Å². The van der Waals surface area contributed by atoms with Crippen molar-refractivity contribution in [1.82, 2.24) is 19.4 Å². The highest BCUT2D eigenvalue weighted by Crippen LogP contribution is 2.27. The molecule has 5 rings (SSSR count). The van der Waals surface area contributed by atoms with E-state index >= 15 is 0 Å². The van der Waals surface area contributed by atoms with Crippen LogP contribution in [0.4, 0.5) is 4.39 Å². The highest BCUT2D eigenvalue weighted by atomic mass is 19.1. The first-order chi connectivity index (χ1) is 15.0. The quantitative estimate of drug-likeness (QED) is 0.535. The van der Waals surface area contributed by atoms with Crippen LogP contribution in [-0.4, -0.2) is 31.9 Å². The van der Waals surface area contributed by atoms with Crippen LogP contribution in [0.25, 0.3) is 22.2 Å². The summed E-state index contributed by atoms with van der Waals surface area (Å²) in [5, 5.41) is 0. The zero-order chi connectivity index (χ0) is 21.5. The molecule has 0 saturated heterocycles. The van der Waals surface area contributed by atoms with Gasteiger partial charge >= 0.3 is 5.69 Å². The molecule has 0 fully saturated rings. The Labute approximate surface area is 175 Å². The number of hydrogen-bond donors (Lipinski definition) is 2. The Morgan fingerprint density at radius 3 is 2.52 bits per heavy atom. The fourth-order valence-electron chi connectivity index (χ4n) is 4.10. The molecule has 1 aliphatic rings. The van der Waals surface area contributed by atoms with E-state index in [0.717, 1.165) is 16.6 Å². The number of carbonyl (C=O) groups excluding carboxylic acids is 1. The van der Waals surface area contributed by atoms with Crippen LogP contribution in [0.1, 0.15) is 11.1 Å². The van der Waals surface area contributed by atoms with Gasteiger partial charge in [-0.1, -0.05) is 42.5 Å². The third-order valence-corrected chi connectivity index (χ3v) is 5.76. The van der Waals surface area contributed by atoms with Crippen molar-refractivity contribution < 1.29 is 9.18 Å². The molecule has 0 spiro atoms. The smallest absolute Gasteiger partial charge is 0.329 e. The van der Waals surface area contributed by atoms with Crippen LogP contribution in [0.15, 0.2) is 64.3 Å². The lowest BCUT2D eigenvalue weighted by atomic mass is 10.00. The van der Waals surface area contributed by atoms with Gasteiger partial charge in [0, 0.05) is 30.4 Å². The second kappa shape index (κ2) is 7.39. The Morgan fingerprint density at radius 2 is 1.71 bits per heavy atom. The predicted molar refractivity (Wildman–Crippen MR) is 114 cm³/mol. The maximum Gasteiger partial charge on any atom is 0.329 e. The second-order valence-electron chi connectivity index (χ2n) is 7.59. The fraction of sp³-hybridized carbons (Fsp3) is 0.174. The van der Waals surface area contributed by atoms with E-state index in [9.17, 15) is 18.8 Å². The number of aromatic amines is 2. The molecular weight excluding hydrogens is 399 g/mol. The number of carbonyl (C=O) groups is 1. The van der Waals surface area contributed by atoms with E-state index in [1.807, 2.05) is 24.3 Å². The van der Waals surface area contributed by atoms with Crippen LogP contribution in [-0.2, 0) is 24.3 Å². The van der Waals surface area contributed by atoms with Crippen LogP contribution >= 0.6 is 0 Å². The van der Waals surface area contributed by atoms with Gasteiger partial charge in [0.25, 0.3) is 5.56 Å². The van der Waals surface area contributed by atoms with E-state index in [2.05, 4.69) is 9.97 Å². The van der Waals surface area contributed by atoms with Crippen LogP contribution in [0.2, 0.25) is 0 Å². The number of rotatable bonds is 3. The molecule has 0 aliphatic carbocycles. The minimum Gasteiger partial charge on any atom is -0.355 e. The van der Waals surface area contributed by atoms with E-state index in [4.69, 9.17) is 0 Å². The van der Waals surface area contributed by atoms with Gasteiger partial charge in [-0.05, 0) is 23.6 Å². The highest BCUT2D eigenvalue weighted by Gasteiger charge is 2.23. The van der Waals surface area contributed by atoms with Crippen molar-refractivity contribution in [3.05, 3.63) is 92.5 Å². The average molecular weight is 418 g/mol. The normalized spacial score (nSPS) is 13.4. The monoisotopic (exact) mass is 418 g/mol. The number of aromatic nitrogens is 3. The third kappa shape index (κ3) is 3.26. The molecule has 8 heteroatoms. The van der Waals surface area contributed by atoms with Crippen molar-refractivity contribution >= 4 is 16.9 Å². The number of fused-ring (bicyclic) bond motifs is 2. The molecule has 0 atom stereocenters. The number of benzene rings is 2. The number of amides is 1. The Kier molecular flexibility index (Phi) is 4.54. The summed E-state index contributed by atoms with van der Waals surface area (Å²) >= 11 is 0. The van der Waals surface area contributed by atoms with Crippen molar-refractivity contribution in [1.29, 1.82) is 0 Å². The largest absolute Gasteiger partial charge is 0.355 e. The number of H-pyrrole nitrogens is 2. The zero-order valence-corrected chi connectivity index (χ0v) is 16.5. The van der Waals surface area contributed by atoms with Crippen LogP contribution < -0.4 is 11.2 Å². The molecule has 4 aromatic rings. The number of halogens is 1. The Morgan fingerprint density at radius 1 is 0.968 bits per heavy atom. The maximum absolute atomic E-state index is 14.2. The average Bonchev–Trinajstić information content (AvgIpc) is 3.20. The van der Waals surface area contributed by atoms with Gasteiger partial charge in [0.15, 0.2) is 0 Å². The lowest BCUT2D eigenvalue weighted by Gasteiger charge is -2.29. The first-order valence-corrected chi connectivity index (χ1v) is 9.96. The van der Waals surface area contributed by atoms with Gasteiger partial charge in [0.1, 0.15) is 17.9 Å². The first kappa shape index (κ1) is 19.0. The van der Waals surface area contributed by atoms with Gasteiger partial charge < -0.3 is 14.9 Å². The number of hydrogen-bond acceptors (Lipinski definition) is 3. The van der Waals surface area contributed by atoms with Gasteiger partial charge in [0.05, 0.1) is 5.52 Å². The van der Waals surface area contributed by atoms with Crippen LogP contribution in [0.5, 0.6) is 0 Å². The highest BCUT2D eigenvalue weighted by molar-refractivity contribution is 5.92. The Balaban J connectivity index is 1.48. The van der Waals surface area contributed by atoms with Gasteiger partial charge in [-0.25, -0.2) is 13.8 Å². The summed E-state index contributed by atoms with van der Waals surface area (Å²) in [6.45, 7) is 0.620. The molecule has 0 bridgehead atoms. The SMILES string of the molecule is O=C(Cn1c(=O)[nH]c2c(-c3ccccc3F)c[nH]c2c1=O)N1CCc2ccccc2C1. The van der Waals surface area contributed by atoms with Crippen LogP contribution in [0, 0.1) is 5.82 Å². The second-order valence-corrected chi connectivity index (χ2v) is 7.59. The summed E-state index contributed by atoms with van der Waals surface area (Å²) in [4.78, 5) is 45.6. The van der Waals surface area contributed by atoms with Gasteiger partial charge in [-0.15, -0.1) is 0 Å². The zero-order valence-electron chi connectivity index (χ0n) is 16.5. The minimum absolute atomic E-state index is 0.120. The maximum atomic E-state index is 14.2. The summed E-state index contributed by atoms with van der Waals surface area (Å²) in [5.41, 5.74) is 1.93. The van der Waals surface area contributed by atoms with E-state index in [1.54, 1.807) is 23.1 Å². The minimum atomic E-state index is -0.708. The third-order valence-electron chi connectivity index (χ3n) is 5.76. The number of nitrogens with one attached hydrogen (secondary N) is 2. The van der Waals surface area contributed by atoms with Crippen LogP contribution in [0.3, 0.4) is 0 Å². The van der Waals surface area contributed by atoms with Gasteiger partial charge in [-0.2, -0.15) is 0 Å². The van der Waals surface area contributed by atoms with Gasteiger partial charge in [-0.3, -0.25) is 9.59 Å². The molecular formula is C23H19FN4O3. The van der Waals surface area contributed by atoms with E-state index in [1.165, 1.54) is 17.8 Å². The molecule has 3 heterocycles. The van der Waals surface area contributed by atoms with Crippen molar-refractivity contribution in [2.75, 3.05) is 6.54 Å². The molecule has 1 aliphatic heterocycles. The summed E-state index contributed by atoms with van der Waals surface area (Å²) in [6.07, 6.45) is 2.21. The molecule has 2 N–H and O–H groups in total. The summed E-state index contributed by atoms with van der Waals surface area (Å²) < 4.78 is 15.1. The standard InChI is InChI=1S/C23H19FN4O3/c24-18-8-4-3-7-16(18)17-11-25-21-20(17)26-23(31)28(22(21)30)13-19(29)27-10-9-14-5-1-2-6-15(14)12-27/h1-8,11,25H,9-10,12-13H2,(H,26,31). The molecule has 2 aromatic heterocycles. The molecule has 0 radical (unpaired) electrons. The van der Waals surface area contributed by atoms with Crippen molar-refractivity contribution in [2.24, 2.45) is 0 Å². The van der Waals surface area contributed by atoms with Crippen molar-refractivity contribution in [3.8, 4) is 11.1 Å². The topological polar surface area (TPSA) is 91.0 Å². The van der Waals surface area contributed by atoms with Crippen molar-refractivity contribution in [2.45, 2.75) is 19.5 Å². The fourth-order valence-corrected chi connectivity index (χ4v) is 4.10.